The predicted octanol–water partition coefficient (Wildman–Crippen LogP) is 3.94. The monoisotopic (exact) mass is 500 g/mol. The highest BCUT2D eigenvalue weighted by molar-refractivity contribution is 5.93. The van der Waals surface area contributed by atoms with Crippen molar-refractivity contribution in [2.75, 3.05) is 19.6 Å². The summed E-state index contributed by atoms with van der Waals surface area (Å²) in [5.41, 5.74) is -1.49. The van der Waals surface area contributed by atoms with Crippen LogP contribution in [0.3, 0.4) is 0 Å². The molecular weight excluding hydrogens is 456 g/mol. The zero-order valence-corrected chi connectivity index (χ0v) is 22.6. The number of fused-ring (bicyclic) bond motifs is 2. The summed E-state index contributed by atoms with van der Waals surface area (Å²) in [6, 6.07) is 0. The molecule has 2 saturated heterocycles. The number of carbonyl (C=O) groups excluding carboxylic acids is 3. The molecular formula is C29H44N2O5. The lowest BCUT2D eigenvalue weighted by Crippen LogP contribution is -2.63. The van der Waals surface area contributed by atoms with Crippen molar-refractivity contribution >= 4 is 17.8 Å². The van der Waals surface area contributed by atoms with Crippen LogP contribution in [-0.4, -0.2) is 59.6 Å². The maximum absolute atomic E-state index is 13.5. The van der Waals surface area contributed by atoms with Gasteiger partial charge >= 0.3 is 6.09 Å². The molecule has 7 nitrogen and oxygen atoms in total. The van der Waals surface area contributed by atoms with Gasteiger partial charge in [0.1, 0.15) is 11.9 Å². The number of allylic oxidation sites excluding steroid dienone is 1. The van der Waals surface area contributed by atoms with E-state index in [1.807, 2.05) is 26.0 Å². The van der Waals surface area contributed by atoms with E-state index in [4.69, 9.17) is 4.74 Å². The second-order valence-corrected chi connectivity index (χ2v) is 13.2. The summed E-state index contributed by atoms with van der Waals surface area (Å²) in [6.45, 7) is 13.1. The van der Waals surface area contributed by atoms with Crippen LogP contribution in [0.4, 0.5) is 4.79 Å². The van der Waals surface area contributed by atoms with E-state index in [0.29, 0.717) is 25.3 Å². The van der Waals surface area contributed by atoms with Crippen LogP contribution in [0.25, 0.3) is 0 Å². The topological polar surface area (TPSA) is 95.9 Å². The molecule has 5 aliphatic rings. The summed E-state index contributed by atoms with van der Waals surface area (Å²) in [6.07, 6.45) is 6.54. The average Bonchev–Trinajstić information content (AvgIpc) is 3.55. The number of aliphatic hydroxyl groups is 1. The number of Topliss-reactive ketones (excluding diaryl/α,β-unsaturated/α-hetero) is 1. The van der Waals surface area contributed by atoms with Crippen LogP contribution in [0, 0.1) is 45.8 Å². The Balaban J connectivity index is 1.47. The molecule has 200 valence electrons. The summed E-state index contributed by atoms with van der Waals surface area (Å²) in [5.74, 6) is -0.0300. The van der Waals surface area contributed by atoms with Gasteiger partial charge in [0.15, 0.2) is 0 Å². The molecule has 0 aromatic rings. The summed E-state index contributed by atoms with van der Waals surface area (Å²) in [5, 5.41) is 14.3. The third kappa shape index (κ3) is 3.71. The molecule has 0 radical (unpaired) electrons. The van der Waals surface area contributed by atoms with E-state index < -0.39 is 29.1 Å². The first kappa shape index (κ1) is 25.9. The number of hydrogen-bond acceptors (Lipinski definition) is 6. The zero-order valence-electron chi connectivity index (χ0n) is 22.6. The van der Waals surface area contributed by atoms with Crippen molar-refractivity contribution in [1.29, 1.82) is 0 Å². The Labute approximate surface area is 215 Å². The van der Waals surface area contributed by atoms with Crippen LogP contribution >= 0.6 is 0 Å². The van der Waals surface area contributed by atoms with E-state index in [1.165, 1.54) is 0 Å². The molecule has 2 amide bonds. The third-order valence-corrected chi connectivity index (χ3v) is 11.5. The maximum atomic E-state index is 13.5. The zero-order chi connectivity index (χ0) is 26.0. The van der Waals surface area contributed by atoms with E-state index in [9.17, 15) is 19.5 Å². The van der Waals surface area contributed by atoms with Crippen molar-refractivity contribution in [3.05, 3.63) is 12.2 Å². The molecule has 11 atom stereocenters. The summed E-state index contributed by atoms with van der Waals surface area (Å²) >= 11 is 0. The molecule has 0 aromatic heterocycles. The van der Waals surface area contributed by atoms with Gasteiger partial charge in [0.2, 0.25) is 5.91 Å². The molecule has 7 heteroatoms. The molecule has 2 heterocycles. The van der Waals surface area contributed by atoms with Crippen molar-refractivity contribution in [2.45, 2.75) is 85.4 Å². The molecule has 2 aliphatic heterocycles. The Morgan fingerprint density at radius 2 is 1.92 bits per heavy atom. The van der Waals surface area contributed by atoms with E-state index in [-0.39, 0.29) is 40.8 Å². The number of aliphatic hydroxyl groups excluding tert-OH is 1. The first-order valence-corrected chi connectivity index (χ1v) is 14.0. The highest BCUT2D eigenvalue weighted by atomic mass is 16.6. The van der Waals surface area contributed by atoms with E-state index in [0.717, 1.165) is 38.8 Å². The van der Waals surface area contributed by atoms with Crippen LogP contribution in [0.15, 0.2) is 12.2 Å². The largest absolute Gasteiger partial charge is 0.445 e. The number of piperidine rings is 1. The van der Waals surface area contributed by atoms with Crippen LogP contribution in [-0.2, 0) is 14.3 Å². The number of hydrogen-bond donors (Lipinski definition) is 2. The Kier molecular flexibility index (Phi) is 6.43. The normalized spacial score (nSPS) is 50.0. The number of nitrogens with zero attached hydrogens (tertiary/aromatic N) is 1. The van der Waals surface area contributed by atoms with Crippen LogP contribution < -0.4 is 5.32 Å². The number of alkyl carbamates (subject to hydrolysis) is 1. The lowest BCUT2D eigenvalue weighted by Gasteiger charge is -2.61. The second-order valence-electron chi connectivity index (χ2n) is 13.2. The van der Waals surface area contributed by atoms with Crippen molar-refractivity contribution < 1.29 is 24.2 Å². The number of imide groups is 1. The fourth-order valence-corrected chi connectivity index (χ4v) is 9.28. The van der Waals surface area contributed by atoms with Gasteiger partial charge in [-0.15, -0.1) is 0 Å². The number of amides is 2. The highest BCUT2D eigenvalue weighted by Crippen LogP contribution is 2.68. The lowest BCUT2D eigenvalue weighted by molar-refractivity contribution is -0.191. The molecule has 0 aromatic carbocycles. The molecule has 5 rings (SSSR count). The van der Waals surface area contributed by atoms with Gasteiger partial charge in [-0.05, 0) is 68.7 Å². The first-order chi connectivity index (χ1) is 17.0. The second kappa shape index (κ2) is 8.93. The SMILES string of the molecule is CC=C[C@]1(C)C[C@@H](OC(=O)NC(=O)[C@H]2CN3CC[C@@H]2C3)[C@@]2(C)C3C(=O)CCC3(CC[C@H]2C)[C@@H](C)[C@@H]1O. The first-order valence-electron chi connectivity index (χ1n) is 14.0. The summed E-state index contributed by atoms with van der Waals surface area (Å²) in [4.78, 5) is 42.0. The molecule has 4 bridgehead atoms. The molecule has 3 aliphatic carbocycles. The van der Waals surface area contributed by atoms with Crippen LogP contribution in [0.2, 0.25) is 0 Å². The number of nitrogens with one attached hydrogen (secondary N) is 1. The van der Waals surface area contributed by atoms with Gasteiger partial charge in [-0.2, -0.15) is 0 Å². The fourth-order valence-electron chi connectivity index (χ4n) is 9.28. The molecule has 0 spiro atoms. The van der Waals surface area contributed by atoms with E-state index >= 15 is 0 Å². The van der Waals surface area contributed by atoms with Crippen molar-refractivity contribution in [3.63, 3.8) is 0 Å². The van der Waals surface area contributed by atoms with Crippen molar-refractivity contribution in [1.82, 2.24) is 10.2 Å². The standard InChI is InChI=1S/C29H44N2O5/c1-6-10-27(4)14-22(36-26(35)30-25(34)20-16-31-13-9-19(20)15-31)28(5)17(2)7-11-29(18(3)24(27)33)12-8-21(32)23(28)29/h6,10,17-20,22-24,33H,7-9,11-16H2,1-5H3,(H,30,34,35)/t17-,18+,19-,20+,22-,23?,24+,27-,28+,29?/m1/s1. The van der Waals surface area contributed by atoms with Gasteiger partial charge in [-0.3, -0.25) is 14.9 Å². The van der Waals surface area contributed by atoms with Gasteiger partial charge in [0.25, 0.3) is 0 Å². The van der Waals surface area contributed by atoms with E-state index in [1.54, 1.807) is 0 Å². The van der Waals surface area contributed by atoms with Crippen LogP contribution in [0.1, 0.15) is 73.1 Å². The van der Waals surface area contributed by atoms with Gasteiger partial charge in [-0.1, -0.05) is 39.8 Å². The van der Waals surface area contributed by atoms with Crippen molar-refractivity contribution in [3.8, 4) is 0 Å². The van der Waals surface area contributed by atoms with Gasteiger partial charge in [0, 0.05) is 36.3 Å². The molecule has 2 N–H and O–H groups in total. The smallest absolute Gasteiger partial charge is 0.414 e. The number of ether oxygens (including phenoxy) is 1. The number of rotatable bonds is 3. The molecule has 36 heavy (non-hydrogen) atoms. The lowest BCUT2D eigenvalue weighted by atomic mass is 9.44. The Hall–Kier alpha value is -1.73. The molecule has 3 unspecified atom stereocenters. The fraction of sp³-hybridized carbons (Fsp3) is 0.828. The van der Waals surface area contributed by atoms with Gasteiger partial charge < -0.3 is 14.7 Å². The van der Waals surface area contributed by atoms with Gasteiger partial charge in [0.05, 0.1) is 12.0 Å². The molecule has 3 saturated carbocycles. The number of carbonyl (C=O) groups is 3. The Morgan fingerprint density at radius 3 is 2.56 bits per heavy atom. The average molecular weight is 501 g/mol. The minimum Gasteiger partial charge on any atom is -0.445 e. The quantitative estimate of drug-likeness (QED) is 0.570. The summed E-state index contributed by atoms with van der Waals surface area (Å²) < 4.78 is 6.19. The maximum Gasteiger partial charge on any atom is 0.414 e. The van der Waals surface area contributed by atoms with Gasteiger partial charge in [-0.25, -0.2) is 4.79 Å². The minimum atomic E-state index is -0.719. The molecule has 5 fully saturated rings. The Bertz CT molecular complexity index is 965. The minimum absolute atomic E-state index is 0.0499. The Morgan fingerprint density at radius 1 is 1.17 bits per heavy atom. The van der Waals surface area contributed by atoms with E-state index in [2.05, 4.69) is 31.0 Å². The van der Waals surface area contributed by atoms with Crippen molar-refractivity contribution in [2.24, 2.45) is 45.8 Å². The highest BCUT2D eigenvalue weighted by Gasteiger charge is 2.68. The van der Waals surface area contributed by atoms with Crippen LogP contribution in [0.5, 0.6) is 0 Å². The summed E-state index contributed by atoms with van der Waals surface area (Å²) in [7, 11) is 0. The third-order valence-electron chi connectivity index (χ3n) is 11.5. The number of ketones is 1. The predicted molar refractivity (Wildman–Crippen MR) is 136 cm³/mol.